The summed E-state index contributed by atoms with van der Waals surface area (Å²) in [6, 6.07) is 8.91. The Morgan fingerprint density at radius 3 is 2.33 bits per heavy atom. The Kier molecular flexibility index (Phi) is 7.20. The molecule has 0 radical (unpaired) electrons. The van der Waals surface area contributed by atoms with Crippen molar-refractivity contribution < 1.29 is 4.74 Å². The zero-order chi connectivity index (χ0) is 15.9. The molecule has 0 aliphatic carbocycles. The van der Waals surface area contributed by atoms with Crippen LogP contribution in [0.3, 0.4) is 0 Å². The maximum absolute atomic E-state index is 5.19. The molecule has 1 rings (SSSR count). The van der Waals surface area contributed by atoms with Gasteiger partial charge in [0.15, 0.2) is 0 Å². The Hall–Kier alpha value is -1.06. The number of ether oxygens (including phenoxy) is 1. The van der Waals surface area contributed by atoms with Crippen molar-refractivity contribution in [2.75, 3.05) is 34.3 Å². The van der Waals surface area contributed by atoms with E-state index in [4.69, 9.17) is 4.74 Å². The van der Waals surface area contributed by atoms with Gasteiger partial charge in [0.1, 0.15) is 5.75 Å². The van der Waals surface area contributed by atoms with Gasteiger partial charge in [-0.3, -0.25) is 0 Å². The van der Waals surface area contributed by atoms with Gasteiger partial charge >= 0.3 is 0 Å². The van der Waals surface area contributed by atoms with Crippen molar-refractivity contribution in [3.05, 3.63) is 29.8 Å². The average Bonchev–Trinajstić information content (AvgIpc) is 2.42. The molecule has 3 nitrogen and oxygen atoms in total. The molecule has 1 aromatic rings. The quantitative estimate of drug-likeness (QED) is 0.756. The van der Waals surface area contributed by atoms with Crippen molar-refractivity contribution in [3.63, 3.8) is 0 Å². The van der Waals surface area contributed by atoms with Gasteiger partial charge in [-0.05, 0) is 57.0 Å². The fraction of sp³-hybridized carbons (Fsp3) is 0.667. The van der Waals surface area contributed by atoms with Crippen molar-refractivity contribution in [3.8, 4) is 5.75 Å². The lowest BCUT2D eigenvalue weighted by atomic mass is 9.92. The Morgan fingerprint density at radius 1 is 1.19 bits per heavy atom. The molecule has 1 aromatic carbocycles. The van der Waals surface area contributed by atoms with Crippen LogP contribution in [-0.4, -0.2) is 45.2 Å². The van der Waals surface area contributed by atoms with Crippen molar-refractivity contribution >= 4 is 0 Å². The molecular formula is C18H32N2O. The predicted octanol–water partition coefficient (Wildman–Crippen LogP) is 3.19. The summed E-state index contributed by atoms with van der Waals surface area (Å²) in [7, 11) is 5.97. The second-order valence-corrected chi connectivity index (χ2v) is 7.07. The van der Waals surface area contributed by atoms with Gasteiger partial charge < -0.3 is 15.0 Å². The van der Waals surface area contributed by atoms with Crippen LogP contribution in [0.5, 0.6) is 5.75 Å². The standard InChI is InChI=1S/C18H32N2O/c1-15(19-13-18(2,3)14-20(4)5)7-8-16-9-11-17(21-6)12-10-16/h9-12,15,19H,7-8,13-14H2,1-6H3/t15-/m0/s1. The SMILES string of the molecule is COc1ccc(CC[C@H](C)NCC(C)(C)CN(C)C)cc1. The molecule has 0 aromatic heterocycles. The highest BCUT2D eigenvalue weighted by Crippen LogP contribution is 2.16. The number of aryl methyl sites for hydroxylation is 1. The van der Waals surface area contributed by atoms with Crippen LogP contribution in [0, 0.1) is 5.41 Å². The minimum absolute atomic E-state index is 0.303. The zero-order valence-corrected chi connectivity index (χ0v) is 14.6. The van der Waals surface area contributed by atoms with Crippen LogP contribution < -0.4 is 10.1 Å². The van der Waals surface area contributed by atoms with Gasteiger partial charge in [0.25, 0.3) is 0 Å². The first-order chi connectivity index (χ1) is 9.82. The van der Waals surface area contributed by atoms with Crippen molar-refractivity contribution in [2.45, 2.75) is 39.7 Å². The van der Waals surface area contributed by atoms with Gasteiger partial charge in [0.05, 0.1) is 7.11 Å². The molecule has 0 fully saturated rings. The number of nitrogens with zero attached hydrogens (tertiary/aromatic N) is 1. The van der Waals surface area contributed by atoms with Gasteiger partial charge in [-0.1, -0.05) is 26.0 Å². The maximum atomic E-state index is 5.19. The molecule has 0 saturated heterocycles. The van der Waals surface area contributed by atoms with Crippen LogP contribution in [0.1, 0.15) is 32.8 Å². The number of nitrogens with one attached hydrogen (secondary N) is 1. The number of methoxy groups -OCH3 is 1. The Morgan fingerprint density at radius 2 is 1.81 bits per heavy atom. The third kappa shape index (κ3) is 7.49. The van der Waals surface area contributed by atoms with Gasteiger partial charge in [-0.15, -0.1) is 0 Å². The van der Waals surface area contributed by atoms with E-state index < -0.39 is 0 Å². The molecule has 3 heteroatoms. The highest BCUT2D eigenvalue weighted by molar-refractivity contribution is 5.27. The Labute approximate surface area is 130 Å². The van der Waals surface area contributed by atoms with Crippen molar-refractivity contribution in [2.24, 2.45) is 5.41 Å². The van der Waals surface area contributed by atoms with E-state index in [2.05, 4.69) is 57.2 Å². The third-order valence-corrected chi connectivity index (χ3v) is 3.70. The number of hydrogen-bond donors (Lipinski definition) is 1. The fourth-order valence-electron chi connectivity index (χ4n) is 2.64. The van der Waals surface area contributed by atoms with Crippen LogP contribution in [0.4, 0.5) is 0 Å². The van der Waals surface area contributed by atoms with Gasteiger partial charge in [0, 0.05) is 19.1 Å². The summed E-state index contributed by atoms with van der Waals surface area (Å²) in [5, 5.41) is 3.67. The molecule has 21 heavy (non-hydrogen) atoms. The molecule has 0 spiro atoms. The van der Waals surface area contributed by atoms with E-state index in [-0.39, 0.29) is 0 Å². The zero-order valence-electron chi connectivity index (χ0n) is 14.6. The van der Waals surface area contributed by atoms with E-state index in [9.17, 15) is 0 Å². The number of rotatable bonds is 9. The molecule has 0 heterocycles. The molecule has 0 saturated carbocycles. The van der Waals surface area contributed by atoms with Crippen LogP contribution in [0.25, 0.3) is 0 Å². The minimum Gasteiger partial charge on any atom is -0.497 e. The summed E-state index contributed by atoms with van der Waals surface area (Å²) in [4.78, 5) is 2.25. The lowest BCUT2D eigenvalue weighted by Crippen LogP contribution is -2.40. The number of hydrogen-bond acceptors (Lipinski definition) is 3. The van der Waals surface area contributed by atoms with Crippen molar-refractivity contribution in [1.82, 2.24) is 10.2 Å². The lowest BCUT2D eigenvalue weighted by Gasteiger charge is -2.30. The fourth-order valence-corrected chi connectivity index (χ4v) is 2.64. The number of benzene rings is 1. The summed E-state index contributed by atoms with van der Waals surface area (Å²) in [6.45, 7) is 9.06. The third-order valence-electron chi connectivity index (χ3n) is 3.70. The molecule has 0 bridgehead atoms. The van der Waals surface area contributed by atoms with Crippen molar-refractivity contribution in [1.29, 1.82) is 0 Å². The van der Waals surface area contributed by atoms with Crippen LogP contribution in [-0.2, 0) is 6.42 Å². The first-order valence-electron chi connectivity index (χ1n) is 7.83. The van der Waals surface area contributed by atoms with Crippen LogP contribution in [0.15, 0.2) is 24.3 Å². The van der Waals surface area contributed by atoms with E-state index in [1.165, 1.54) is 5.56 Å². The molecule has 0 amide bonds. The Bertz CT molecular complexity index is 398. The summed E-state index contributed by atoms with van der Waals surface area (Å²) in [5.41, 5.74) is 1.68. The molecule has 0 aliphatic rings. The first kappa shape index (κ1) is 18.0. The highest BCUT2D eigenvalue weighted by atomic mass is 16.5. The monoisotopic (exact) mass is 292 g/mol. The van der Waals surface area contributed by atoms with E-state index in [1.807, 2.05) is 12.1 Å². The van der Waals surface area contributed by atoms with Gasteiger partial charge in [-0.2, -0.15) is 0 Å². The minimum atomic E-state index is 0.303. The molecule has 0 unspecified atom stereocenters. The summed E-state index contributed by atoms with van der Waals surface area (Å²) >= 11 is 0. The van der Waals surface area contributed by atoms with E-state index >= 15 is 0 Å². The summed E-state index contributed by atoms with van der Waals surface area (Å²) < 4.78 is 5.19. The molecule has 0 aliphatic heterocycles. The highest BCUT2D eigenvalue weighted by Gasteiger charge is 2.19. The van der Waals surface area contributed by atoms with Crippen LogP contribution in [0.2, 0.25) is 0 Å². The smallest absolute Gasteiger partial charge is 0.118 e. The van der Waals surface area contributed by atoms with Gasteiger partial charge in [0.2, 0.25) is 0 Å². The summed E-state index contributed by atoms with van der Waals surface area (Å²) in [6.07, 6.45) is 2.26. The molecular weight excluding hydrogens is 260 g/mol. The van der Waals surface area contributed by atoms with Crippen LogP contribution >= 0.6 is 0 Å². The van der Waals surface area contributed by atoms with Gasteiger partial charge in [-0.25, -0.2) is 0 Å². The first-order valence-corrected chi connectivity index (χ1v) is 7.83. The molecule has 1 N–H and O–H groups in total. The predicted molar refractivity (Wildman–Crippen MR) is 91.1 cm³/mol. The maximum Gasteiger partial charge on any atom is 0.118 e. The molecule has 1 atom stereocenters. The van der Waals surface area contributed by atoms with E-state index in [0.29, 0.717) is 11.5 Å². The van der Waals surface area contributed by atoms with E-state index in [1.54, 1.807) is 7.11 Å². The second kappa shape index (κ2) is 8.40. The normalized spacial score (nSPS) is 13.5. The molecule has 120 valence electrons. The largest absolute Gasteiger partial charge is 0.497 e. The Balaban J connectivity index is 2.31. The lowest BCUT2D eigenvalue weighted by molar-refractivity contribution is 0.225. The van der Waals surface area contributed by atoms with E-state index in [0.717, 1.165) is 31.7 Å². The summed E-state index contributed by atoms with van der Waals surface area (Å²) in [5.74, 6) is 0.926. The average molecular weight is 292 g/mol. The topological polar surface area (TPSA) is 24.5 Å². The second-order valence-electron chi connectivity index (χ2n) is 7.07.